The topological polar surface area (TPSA) is 126 Å². The molecule has 0 spiro atoms. The van der Waals surface area contributed by atoms with Crippen molar-refractivity contribution in [3.8, 4) is 17.2 Å². The second-order valence-corrected chi connectivity index (χ2v) is 5.56. The van der Waals surface area contributed by atoms with Gasteiger partial charge in [-0.1, -0.05) is 0 Å². The van der Waals surface area contributed by atoms with E-state index >= 15 is 0 Å². The molecule has 0 unspecified atom stereocenters. The summed E-state index contributed by atoms with van der Waals surface area (Å²) >= 11 is 0. The van der Waals surface area contributed by atoms with Crippen LogP contribution in [0.1, 0.15) is 17.3 Å². The fraction of sp³-hybridized carbons (Fsp3) is 0.263. The van der Waals surface area contributed by atoms with E-state index < -0.39 is 29.1 Å². The summed E-state index contributed by atoms with van der Waals surface area (Å²) in [5.74, 6) is -0.777. The highest BCUT2D eigenvalue weighted by Gasteiger charge is 2.26. The first-order valence-corrected chi connectivity index (χ1v) is 8.49. The van der Waals surface area contributed by atoms with Crippen molar-refractivity contribution in [3.05, 3.63) is 52.1 Å². The number of rotatable bonds is 9. The predicted molar refractivity (Wildman–Crippen MR) is 103 cm³/mol. The molecule has 154 valence electrons. The van der Waals surface area contributed by atoms with Gasteiger partial charge in [0.1, 0.15) is 11.3 Å². The highest BCUT2D eigenvalue weighted by atomic mass is 16.6. The summed E-state index contributed by atoms with van der Waals surface area (Å²) < 4.78 is 20.3. The Hall–Kier alpha value is -3.82. The molecule has 0 aliphatic carbocycles. The smallest absolute Gasteiger partial charge is 0.345 e. The van der Waals surface area contributed by atoms with Gasteiger partial charge in [0.05, 0.1) is 31.8 Å². The molecule has 0 fully saturated rings. The molecule has 0 aliphatic heterocycles. The van der Waals surface area contributed by atoms with Crippen LogP contribution in [0.15, 0.2) is 36.4 Å². The lowest BCUT2D eigenvalue weighted by Crippen LogP contribution is -2.21. The van der Waals surface area contributed by atoms with Gasteiger partial charge in [0.2, 0.25) is 0 Å². The maximum Gasteiger partial charge on any atom is 0.345 e. The van der Waals surface area contributed by atoms with Crippen LogP contribution in [0.4, 0.5) is 11.4 Å². The molecule has 1 N–H and O–H groups in total. The number of carbonyl (C=O) groups excluding carboxylic acids is 2. The maximum absolute atomic E-state index is 12.3. The SMILES string of the molecule is CCOc1cc([N+](=O)[O-])c(C(=O)OCC(=O)Nc2ccc(OC)cc2)cc1OC. The summed E-state index contributed by atoms with van der Waals surface area (Å²) in [4.78, 5) is 34.9. The Morgan fingerprint density at radius 1 is 1.07 bits per heavy atom. The maximum atomic E-state index is 12.3. The van der Waals surface area contributed by atoms with Crippen molar-refractivity contribution < 1.29 is 33.5 Å². The molecule has 0 radical (unpaired) electrons. The van der Waals surface area contributed by atoms with E-state index in [1.165, 1.54) is 14.2 Å². The molecule has 10 nitrogen and oxygen atoms in total. The number of methoxy groups -OCH3 is 2. The number of benzene rings is 2. The van der Waals surface area contributed by atoms with Gasteiger partial charge in [-0.05, 0) is 31.2 Å². The second-order valence-electron chi connectivity index (χ2n) is 5.56. The highest BCUT2D eigenvalue weighted by Crippen LogP contribution is 2.35. The molecule has 0 aromatic heterocycles. The molecule has 2 aromatic carbocycles. The zero-order valence-electron chi connectivity index (χ0n) is 16.1. The number of hydrogen-bond acceptors (Lipinski definition) is 8. The standard InChI is InChI=1S/C19H20N2O8/c1-4-28-17-10-15(21(24)25)14(9-16(17)27-3)19(23)29-11-18(22)20-12-5-7-13(26-2)8-6-12/h5-10H,4,11H2,1-3H3,(H,20,22). The van der Waals surface area contributed by atoms with E-state index in [4.69, 9.17) is 18.9 Å². The van der Waals surface area contributed by atoms with Crippen LogP contribution in [-0.2, 0) is 9.53 Å². The molecule has 0 heterocycles. The van der Waals surface area contributed by atoms with Crippen molar-refractivity contribution in [2.24, 2.45) is 0 Å². The van der Waals surface area contributed by atoms with Crippen LogP contribution < -0.4 is 19.5 Å². The number of nitro benzene ring substituents is 1. The Kier molecular flexibility index (Phi) is 7.35. The van der Waals surface area contributed by atoms with E-state index in [2.05, 4.69) is 5.32 Å². The quantitative estimate of drug-likeness (QED) is 0.384. The van der Waals surface area contributed by atoms with Crippen molar-refractivity contribution in [2.75, 3.05) is 32.8 Å². The Labute approximate surface area is 166 Å². The lowest BCUT2D eigenvalue weighted by molar-refractivity contribution is -0.385. The van der Waals surface area contributed by atoms with Gasteiger partial charge < -0.3 is 24.3 Å². The minimum atomic E-state index is -1.04. The van der Waals surface area contributed by atoms with Gasteiger partial charge in [-0.25, -0.2) is 4.79 Å². The van der Waals surface area contributed by atoms with Crippen LogP contribution in [0.2, 0.25) is 0 Å². The monoisotopic (exact) mass is 404 g/mol. The number of anilines is 1. The van der Waals surface area contributed by atoms with Crippen LogP contribution in [0.5, 0.6) is 17.2 Å². The molecule has 2 aromatic rings. The third-order valence-electron chi connectivity index (χ3n) is 3.71. The molecule has 0 atom stereocenters. The Balaban J connectivity index is 2.10. The van der Waals surface area contributed by atoms with Gasteiger partial charge >= 0.3 is 5.97 Å². The number of nitrogens with one attached hydrogen (secondary N) is 1. The molecular formula is C19H20N2O8. The molecule has 2 rings (SSSR count). The minimum absolute atomic E-state index is 0.121. The third kappa shape index (κ3) is 5.58. The van der Waals surface area contributed by atoms with Gasteiger partial charge in [0, 0.05) is 11.8 Å². The van der Waals surface area contributed by atoms with Gasteiger partial charge in [0.15, 0.2) is 18.1 Å². The molecule has 0 aliphatic rings. The number of amides is 1. The number of esters is 1. The predicted octanol–water partition coefficient (Wildman–Crippen LogP) is 2.81. The van der Waals surface area contributed by atoms with E-state index in [1.807, 2.05) is 0 Å². The van der Waals surface area contributed by atoms with Gasteiger partial charge in [-0.2, -0.15) is 0 Å². The molecule has 10 heteroatoms. The lowest BCUT2D eigenvalue weighted by Gasteiger charge is -2.12. The van der Waals surface area contributed by atoms with Crippen LogP contribution >= 0.6 is 0 Å². The van der Waals surface area contributed by atoms with E-state index in [0.29, 0.717) is 11.4 Å². The average Bonchev–Trinajstić information content (AvgIpc) is 2.72. The molecular weight excluding hydrogens is 384 g/mol. The van der Waals surface area contributed by atoms with Crippen molar-refractivity contribution in [2.45, 2.75) is 6.92 Å². The van der Waals surface area contributed by atoms with Crippen LogP contribution in [-0.4, -0.2) is 44.2 Å². The molecule has 0 saturated heterocycles. The first kappa shape index (κ1) is 21.5. The van der Waals surface area contributed by atoms with Crippen LogP contribution in [0, 0.1) is 10.1 Å². The lowest BCUT2D eigenvalue weighted by atomic mass is 10.1. The summed E-state index contributed by atoms with van der Waals surface area (Å²) in [5, 5.41) is 13.9. The third-order valence-corrected chi connectivity index (χ3v) is 3.71. The number of carbonyl (C=O) groups is 2. The largest absolute Gasteiger partial charge is 0.497 e. The van der Waals surface area contributed by atoms with Crippen molar-refractivity contribution >= 4 is 23.3 Å². The van der Waals surface area contributed by atoms with E-state index in [-0.39, 0.29) is 23.7 Å². The Bertz CT molecular complexity index is 896. The van der Waals surface area contributed by atoms with Gasteiger partial charge in [-0.3, -0.25) is 14.9 Å². The van der Waals surface area contributed by atoms with Gasteiger partial charge in [-0.15, -0.1) is 0 Å². The molecule has 0 saturated carbocycles. The summed E-state index contributed by atoms with van der Waals surface area (Å²) in [6, 6.07) is 8.75. The number of ether oxygens (including phenoxy) is 4. The summed E-state index contributed by atoms with van der Waals surface area (Å²) in [5.41, 5.74) is -0.400. The fourth-order valence-electron chi connectivity index (χ4n) is 2.37. The van der Waals surface area contributed by atoms with Crippen LogP contribution in [0.3, 0.4) is 0 Å². The first-order chi connectivity index (χ1) is 13.9. The zero-order valence-corrected chi connectivity index (χ0v) is 16.1. The van der Waals surface area contributed by atoms with Crippen molar-refractivity contribution in [1.29, 1.82) is 0 Å². The minimum Gasteiger partial charge on any atom is -0.497 e. The summed E-state index contributed by atoms with van der Waals surface area (Å²) in [6.07, 6.45) is 0. The normalized spacial score (nSPS) is 10.0. The number of nitro groups is 1. The second kappa shape index (κ2) is 9.93. The van der Waals surface area contributed by atoms with Crippen molar-refractivity contribution in [1.82, 2.24) is 0 Å². The van der Waals surface area contributed by atoms with Crippen molar-refractivity contribution in [3.63, 3.8) is 0 Å². The fourth-order valence-corrected chi connectivity index (χ4v) is 2.37. The molecule has 29 heavy (non-hydrogen) atoms. The van der Waals surface area contributed by atoms with E-state index in [1.54, 1.807) is 31.2 Å². The first-order valence-electron chi connectivity index (χ1n) is 8.49. The zero-order chi connectivity index (χ0) is 21.4. The average molecular weight is 404 g/mol. The van der Waals surface area contributed by atoms with E-state index in [0.717, 1.165) is 12.1 Å². The van der Waals surface area contributed by atoms with Crippen LogP contribution in [0.25, 0.3) is 0 Å². The highest BCUT2D eigenvalue weighted by molar-refractivity contribution is 5.98. The number of hydrogen-bond donors (Lipinski definition) is 1. The van der Waals surface area contributed by atoms with Gasteiger partial charge in [0.25, 0.3) is 11.6 Å². The molecule has 1 amide bonds. The molecule has 0 bridgehead atoms. The number of nitrogens with zero attached hydrogens (tertiary/aromatic N) is 1. The summed E-state index contributed by atoms with van der Waals surface area (Å²) in [6.45, 7) is 1.33. The van der Waals surface area contributed by atoms with E-state index in [9.17, 15) is 19.7 Å². The Morgan fingerprint density at radius 2 is 1.76 bits per heavy atom. The summed E-state index contributed by atoms with van der Waals surface area (Å²) in [7, 11) is 2.85. The Morgan fingerprint density at radius 3 is 2.31 bits per heavy atom.